The summed E-state index contributed by atoms with van der Waals surface area (Å²) in [6, 6.07) is 2.10. The van der Waals surface area contributed by atoms with E-state index in [1.165, 1.54) is 17.7 Å². The Hall–Kier alpha value is -0.960. The first-order chi connectivity index (χ1) is 6.18. The molecule has 0 aromatic carbocycles. The van der Waals surface area contributed by atoms with Gasteiger partial charge < -0.3 is 5.73 Å². The van der Waals surface area contributed by atoms with Gasteiger partial charge in [0.15, 0.2) is 0 Å². The Labute approximate surface area is 83.2 Å². The van der Waals surface area contributed by atoms with Crippen LogP contribution in [0.4, 0.5) is 0 Å². The molecule has 2 nitrogen and oxygen atoms in total. The summed E-state index contributed by atoms with van der Waals surface area (Å²) in [6.45, 7) is 1.97. The molecule has 0 fully saturated rings. The molecule has 2 N–H and O–H groups in total. The number of aromatic nitrogens is 1. The maximum atomic E-state index is 5.60. The van der Waals surface area contributed by atoms with E-state index in [1.807, 2.05) is 6.92 Å². The van der Waals surface area contributed by atoms with Crippen molar-refractivity contribution < 1.29 is 0 Å². The second-order valence-electron chi connectivity index (χ2n) is 3.44. The van der Waals surface area contributed by atoms with Crippen LogP contribution in [0, 0.1) is 6.92 Å². The van der Waals surface area contributed by atoms with Gasteiger partial charge in [0, 0.05) is 17.0 Å². The molecule has 0 saturated heterocycles. The highest BCUT2D eigenvalue weighted by molar-refractivity contribution is 7.80. The Morgan fingerprint density at radius 2 is 2.31 bits per heavy atom. The third kappa shape index (κ3) is 1.44. The number of hydrogen-bond donors (Lipinski definition) is 1. The van der Waals surface area contributed by atoms with Gasteiger partial charge in [-0.1, -0.05) is 12.2 Å². The summed E-state index contributed by atoms with van der Waals surface area (Å²) >= 11 is 4.96. The molecule has 1 aliphatic carbocycles. The maximum Gasteiger partial charge on any atom is 0.105 e. The van der Waals surface area contributed by atoms with Crippen molar-refractivity contribution in [2.24, 2.45) is 5.73 Å². The van der Waals surface area contributed by atoms with Crippen molar-refractivity contribution in [3.8, 4) is 0 Å². The summed E-state index contributed by atoms with van der Waals surface area (Å²) in [7, 11) is 0. The molecule has 0 aliphatic heterocycles. The molecule has 3 heteroatoms. The Morgan fingerprint density at radius 1 is 1.54 bits per heavy atom. The van der Waals surface area contributed by atoms with Crippen LogP contribution in [0.1, 0.15) is 28.9 Å². The quantitative estimate of drug-likeness (QED) is 0.686. The highest BCUT2D eigenvalue weighted by atomic mass is 32.1. The van der Waals surface area contributed by atoms with E-state index in [0.717, 1.165) is 24.1 Å². The summed E-state index contributed by atoms with van der Waals surface area (Å²) in [5.41, 5.74) is 10.1. The van der Waals surface area contributed by atoms with Gasteiger partial charge in [-0.3, -0.25) is 4.98 Å². The van der Waals surface area contributed by atoms with E-state index in [9.17, 15) is 0 Å². The van der Waals surface area contributed by atoms with Crippen LogP contribution in [-0.4, -0.2) is 9.97 Å². The molecule has 2 rings (SSSR count). The lowest BCUT2D eigenvalue weighted by Gasteiger charge is -2.06. The molecule has 1 aromatic heterocycles. The van der Waals surface area contributed by atoms with Crippen LogP contribution >= 0.6 is 12.2 Å². The van der Waals surface area contributed by atoms with Crippen LogP contribution in [-0.2, 0) is 12.8 Å². The van der Waals surface area contributed by atoms with Crippen LogP contribution in [0.2, 0.25) is 0 Å². The minimum absolute atomic E-state index is 0.458. The van der Waals surface area contributed by atoms with Crippen LogP contribution in [0.3, 0.4) is 0 Å². The van der Waals surface area contributed by atoms with Crippen molar-refractivity contribution in [2.45, 2.75) is 26.2 Å². The zero-order valence-electron chi connectivity index (χ0n) is 7.63. The fraction of sp³-hybridized carbons (Fsp3) is 0.400. The first-order valence-electron chi connectivity index (χ1n) is 4.47. The van der Waals surface area contributed by atoms with Crippen molar-refractivity contribution in [3.05, 3.63) is 28.6 Å². The second kappa shape index (κ2) is 3.07. The lowest BCUT2D eigenvalue weighted by atomic mass is 10.1. The number of nitrogens with two attached hydrogens (primary N) is 1. The minimum atomic E-state index is 0.458. The topological polar surface area (TPSA) is 38.9 Å². The van der Waals surface area contributed by atoms with Gasteiger partial charge in [-0.15, -0.1) is 0 Å². The second-order valence-corrected chi connectivity index (χ2v) is 3.88. The number of nitrogens with zero attached hydrogens (tertiary/aromatic N) is 1. The van der Waals surface area contributed by atoms with E-state index in [-0.39, 0.29) is 0 Å². The third-order valence-electron chi connectivity index (χ3n) is 2.51. The maximum absolute atomic E-state index is 5.60. The Balaban J connectivity index is 2.55. The van der Waals surface area contributed by atoms with Gasteiger partial charge in [0.2, 0.25) is 0 Å². The normalized spacial score (nSPS) is 14.2. The van der Waals surface area contributed by atoms with E-state index in [4.69, 9.17) is 18.0 Å². The van der Waals surface area contributed by atoms with Gasteiger partial charge in [-0.05, 0) is 37.8 Å². The third-order valence-corrected chi connectivity index (χ3v) is 2.73. The van der Waals surface area contributed by atoms with Gasteiger partial charge >= 0.3 is 0 Å². The smallest absolute Gasteiger partial charge is 0.105 e. The summed E-state index contributed by atoms with van der Waals surface area (Å²) < 4.78 is 0. The summed E-state index contributed by atoms with van der Waals surface area (Å²) in [6.07, 6.45) is 3.44. The van der Waals surface area contributed by atoms with E-state index in [0.29, 0.717) is 4.99 Å². The molecule has 0 unspecified atom stereocenters. The number of aryl methyl sites for hydroxylation is 3. The first kappa shape index (κ1) is 8.63. The molecule has 0 amide bonds. The van der Waals surface area contributed by atoms with Gasteiger partial charge in [0.25, 0.3) is 0 Å². The minimum Gasteiger partial charge on any atom is -0.389 e. The van der Waals surface area contributed by atoms with Gasteiger partial charge in [0.05, 0.1) is 0 Å². The molecule has 0 bridgehead atoms. The number of rotatable bonds is 1. The molecular weight excluding hydrogens is 180 g/mol. The van der Waals surface area contributed by atoms with Gasteiger partial charge in [-0.25, -0.2) is 0 Å². The van der Waals surface area contributed by atoms with Crippen molar-refractivity contribution in [1.82, 2.24) is 4.98 Å². The SMILES string of the molecule is Cc1nc2c(cc1C(N)=S)CCC2. The van der Waals surface area contributed by atoms with E-state index in [1.54, 1.807) is 0 Å². The van der Waals surface area contributed by atoms with E-state index in [2.05, 4.69) is 11.1 Å². The fourth-order valence-corrected chi connectivity index (χ4v) is 2.03. The Morgan fingerprint density at radius 3 is 3.00 bits per heavy atom. The zero-order valence-corrected chi connectivity index (χ0v) is 8.45. The van der Waals surface area contributed by atoms with Crippen molar-refractivity contribution in [3.63, 3.8) is 0 Å². The standard InChI is InChI=1S/C10H12N2S/c1-6-8(10(11)13)5-7-3-2-4-9(7)12-6/h5H,2-4H2,1H3,(H2,11,13). The van der Waals surface area contributed by atoms with Gasteiger partial charge in [0.1, 0.15) is 4.99 Å². The predicted octanol–water partition coefficient (Wildman–Crippen LogP) is 1.51. The lowest BCUT2D eigenvalue weighted by Crippen LogP contribution is -2.13. The van der Waals surface area contributed by atoms with Crippen molar-refractivity contribution >= 4 is 17.2 Å². The van der Waals surface area contributed by atoms with E-state index >= 15 is 0 Å². The van der Waals surface area contributed by atoms with Crippen LogP contribution < -0.4 is 5.73 Å². The molecule has 1 aromatic rings. The number of pyridine rings is 1. The first-order valence-corrected chi connectivity index (χ1v) is 4.88. The fourth-order valence-electron chi connectivity index (χ4n) is 1.83. The van der Waals surface area contributed by atoms with Crippen LogP contribution in [0.5, 0.6) is 0 Å². The number of hydrogen-bond acceptors (Lipinski definition) is 2. The summed E-state index contributed by atoms with van der Waals surface area (Å²) in [4.78, 5) is 4.97. The summed E-state index contributed by atoms with van der Waals surface area (Å²) in [5, 5.41) is 0. The van der Waals surface area contributed by atoms with E-state index < -0.39 is 0 Å². The molecule has 13 heavy (non-hydrogen) atoms. The average Bonchev–Trinajstić information content (AvgIpc) is 2.48. The van der Waals surface area contributed by atoms with Crippen molar-refractivity contribution in [1.29, 1.82) is 0 Å². The summed E-state index contributed by atoms with van der Waals surface area (Å²) in [5.74, 6) is 0. The highest BCUT2D eigenvalue weighted by Crippen LogP contribution is 2.22. The molecular formula is C10H12N2S. The Kier molecular flexibility index (Phi) is 2.04. The Bertz CT molecular complexity index is 371. The molecule has 1 heterocycles. The molecule has 0 spiro atoms. The van der Waals surface area contributed by atoms with Crippen LogP contribution in [0.25, 0.3) is 0 Å². The predicted molar refractivity (Wildman–Crippen MR) is 56.9 cm³/mol. The molecule has 0 radical (unpaired) electrons. The molecule has 0 saturated carbocycles. The van der Waals surface area contributed by atoms with Crippen LogP contribution in [0.15, 0.2) is 6.07 Å². The molecule has 68 valence electrons. The average molecular weight is 192 g/mol. The largest absolute Gasteiger partial charge is 0.389 e. The number of thiocarbonyl (C=S) groups is 1. The van der Waals surface area contributed by atoms with Crippen molar-refractivity contribution in [2.75, 3.05) is 0 Å². The number of fused-ring (bicyclic) bond motifs is 1. The molecule has 0 atom stereocenters. The van der Waals surface area contributed by atoms with Gasteiger partial charge in [-0.2, -0.15) is 0 Å². The molecule has 1 aliphatic rings. The monoisotopic (exact) mass is 192 g/mol. The zero-order chi connectivity index (χ0) is 9.42. The highest BCUT2D eigenvalue weighted by Gasteiger charge is 2.15. The lowest BCUT2D eigenvalue weighted by molar-refractivity contribution is 0.897.